The summed E-state index contributed by atoms with van der Waals surface area (Å²) < 4.78 is 29.8. The van der Waals surface area contributed by atoms with Gasteiger partial charge in [0.25, 0.3) is 0 Å². The lowest BCUT2D eigenvalue weighted by molar-refractivity contribution is -0.151. The smallest absolute Gasteiger partial charge is 0.336 e. The van der Waals surface area contributed by atoms with Crippen LogP contribution in [0.2, 0.25) is 0 Å². The first-order chi connectivity index (χ1) is 15.8. The van der Waals surface area contributed by atoms with E-state index < -0.39 is 35.4 Å². The van der Waals surface area contributed by atoms with E-state index in [1.807, 2.05) is 6.92 Å². The number of dihydropyridines is 1. The average molecular weight is 460 g/mol. The van der Waals surface area contributed by atoms with E-state index in [-0.39, 0.29) is 30.3 Å². The predicted octanol–water partition coefficient (Wildman–Crippen LogP) is 3.41. The van der Waals surface area contributed by atoms with Gasteiger partial charge in [0.15, 0.2) is 5.78 Å². The number of ketones is 1. The molecular weight excluding hydrogens is 429 g/mol. The van der Waals surface area contributed by atoms with Gasteiger partial charge in [0.2, 0.25) is 0 Å². The van der Waals surface area contributed by atoms with E-state index in [0.29, 0.717) is 30.0 Å². The Labute approximate surface area is 193 Å². The molecule has 0 unspecified atom stereocenters. The van der Waals surface area contributed by atoms with Gasteiger partial charge in [-0.1, -0.05) is 26.0 Å². The van der Waals surface area contributed by atoms with E-state index in [4.69, 9.17) is 14.2 Å². The van der Waals surface area contributed by atoms with Gasteiger partial charge in [0.05, 0.1) is 19.3 Å². The molecule has 3 atom stereocenters. The van der Waals surface area contributed by atoms with Crippen LogP contribution in [-0.4, -0.2) is 44.7 Å². The van der Waals surface area contributed by atoms with E-state index in [1.165, 1.54) is 25.3 Å². The molecule has 8 heteroatoms. The van der Waals surface area contributed by atoms with E-state index >= 15 is 0 Å². The molecule has 178 valence electrons. The fourth-order valence-electron chi connectivity index (χ4n) is 4.49. The Bertz CT molecular complexity index is 998. The normalized spacial score (nSPS) is 22.6. The summed E-state index contributed by atoms with van der Waals surface area (Å²) in [5.74, 6) is -4.32. The molecule has 7 nitrogen and oxygen atoms in total. The molecule has 1 aliphatic carbocycles. The molecule has 3 rings (SSSR count). The first-order valence-electron chi connectivity index (χ1n) is 11.1. The van der Waals surface area contributed by atoms with Crippen molar-refractivity contribution >= 4 is 17.7 Å². The molecule has 0 spiro atoms. The lowest BCUT2D eigenvalue weighted by Crippen LogP contribution is -2.43. The Morgan fingerprint density at radius 1 is 1.21 bits per heavy atom. The number of nitrogens with one attached hydrogen (secondary N) is 1. The summed E-state index contributed by atoms with van der Waals surface area (Å²) in [6, 6.07) is 5.77. The number of rotatable bonds is 8. The number of methoxy groups -OCH3 is 1. The lowest BCUT2D eigenvalue weighted by Gasteiger charge is -2.38. The fraction of sp³-hybridized carbons (Fsp3) is 0.480. The Morgan fingerprint density at radius 3 is 2.64 bits per heavy atom. The Kier molecular flexibility index (Phi) is 8.02. The molecule has 0 radical (unpaired) electrons. The van der Waals surface area contributed by atoms with Gasteiger partial charge >= 0.3 is 11.9 Å². The zero-order valence-electron chi connectivity index (χ0n) is 19.4. The number of benzene rings is 1. The highest BCUT2D eigenvalue weighted by Crippen LogP contribution is 2.45. The number of esters is 2. The number of hydrogen-bond acceptors (Lipinski definition) is 7. The summed E-state index contributed by atoms with van der Waals surface area (Å²) in [6.07, 6.45) is 1.26. The highest BCUT2D eigenvalue weighted by atomic mass is 19.1. The molecule has 0 fully saturated rings. The lowest BCUT2D eigenvalue weighted by atomic mass is 9.69. The van der Waals surface area contributed by atoms with E-state index in [1.54, 1.807) is 19.9 Å². The molecule has 1 aliphatic heterocycles. The van der Waals surface area contributed by atoms with E-state index in [2.05, 4.69) is 5.32 Å². The number of ether oxygens (including phenoxy) is 3. The number of allylic oxidation sites excluding steroid dienone is 3. The predicted molar refractivity (Wildman–Crippen MR) is 118 cm³/mol. The Morgan fingerprint density at radius 2 is 1.97 bits per heavy atom. The van der Waals surface area contributed by atoms with Crippen LogP contribution in [0.1, 0.15) is 45.1 Å². The van der Waals surface area contributed by atoms with Crippen molar-refractivity contribution in [2.45, 2.75) is 39.5 Å². The van der Waals surface area contributed by atoms with Crippen molar-refractivity contribution in [3.63, 3.8) is 0 Å². The number of carbonyl (C=O) groups excluding carboxylic acids is 3. The van der Waals surface area contributed by atoms with Gasteiger partial charge in [-0.05, 0) is 43.4 Å². The maximum atomic E-state index is 14.2. The second-order valence-electron chi connectivity index (χ2n) is 8.34. The highest BCUT2D eigenvalue weighted by Gasteiger charge is 2.47. The van der Waals surface area contributed by atoms with Crippen LogP contribution in [0.15, 0.2) is 46.8 Å². The van der Waals surface area contributed by atoms with Gasteiger partial charge in [0, 0.05) is 29.5 Å². The zero-order valence-corrected chi connectivity index (χ0v) is 19.4. The van der Waals surface area contributed by atoms with Gasteiger partial charge < -0.3 is 19.5 Å². The van der Waals surface area contributed by atoms with Gasteiger partial charge in [0.1, 0.15) is 18.3 Å². The first-order valence-corrected chi connectivity index (χ1v) is 11.1. The minimum atomic E-state index is -0.996. The number of hydrogen-bond donors (Lipinski definition) is 1. The summed E-state index contributed by atoms with van der Waals surface area (Å²) in [5.41, 5.74) is 2.07. The number of carbonyl (C=O) groups is 3. The van der Waals surface area contributed by atoms with E-state index in [0.717, 1.165) is 6.42 Å². The molecule has 1 N–H and O–H groups in total. The zero-order chi connectivity index (χ0) is 24.1. The SMILES string of the molecule is CCCOCCOC(=O)C1=C(C)NC2=C(C(=O)[C@@H](C(=O)OC)[C@@H](C)C2)[C@@H]1c1cccc(F)c1. The van der Waals surface area contributed by atoms with Crippen molar-refractivity contribution in [2.24, 2.45) is 11.8 Å². The number of halogens is 1. The molecule has 0 aromatic heterocycles. The van der Waals surface area contributed by atoms with Crippen molar-refractivity contribution in [1.82, 2.24) is 5.32 Å². The van der Waals surface area contributed by atoms with Crippen LogP contribution >= 0.6 is 0 Å². The Hall–Kier alpha value is -3.00. The third-order valence-electron chi connectivity index (χ3n) is 5.95. The third-order valence-corrected chi connectivity index (χ3v) is 5.95. The van der Waals surface area contributed by atoms with Crippen LogP contribution < -0.4 is 5.32 Å². The van der Waals surface area contributed by atoms with Crippen LogP contribution in [-0.2, 0) is 28.6 Å². The molecule has 1 aromatic carbocycles. The monoisotopic (exact) mass is 459 g/mol. The summed E-state index contributed by atoms with van der Waals surface area (Å²) in [4.78, 5) is 39.1. The second kappa shape index (κ2) is 10.7. The van der Waals surface area contributed by atoms with Crippen LogP contribution in [0.5, 0.6) is 0 Å². The van der Waals surface area contributed by atoms with Crippen molar-refractivity contribution < 1.29 is 33.0 Å². The van der Waals surface area contributed by atoms with Crippen LogP contribution in [0.4, 0.5) is 4.39 Å². The highest BCUT2D eigenvalue weighted by molar-refractivity contribution is 6.12. The van der Waals surface area contributed by atoms with Crippen molar-refractivity contribution in [3.05, 3.63) is 58.2 Å². The van der Waals surface area contributed by atoms with Gasteiger partial charge in [-0.25, -0.2) is 9.18 Å². The summed E-state index contributed by atoms with van der Waals surface area (Å²) in [6.45, 7) is 6.37. The molecule has 0 amide bonds. The van der Waals surface area contributed by atoms with Gasteiger partial charge in [-0.3, -0.25) is 9.59 Å². The second-order valence-corrected chi connectivity index (χ2v) is 8.34. The molecule has 0 bridgehead atoms. The summed E-state index contributed by atoms with van der Waals surface area (Å²) in [5, 5.41) is 3.17. The molecule has 1 aromatic rings. The molecular formula is C25H30FNO6. The third kappa shape index (κ3) is 5.16. The van der Waals surface area contributed by atoms with Crippen molar-refractivity contribution in [2.75, 3.05) is 26.9 Å². The maximum Gasteiger partial charge on any atom is 0.336 e. The van der Waals surface area contributed by atoms with Crippen LogP contribution in [0.25, 0.3) is 0 Å². The standard InChI is InChI=1S/C25H30FNO6/c1-5-9-32-10-11-33-25(30)20-15(3)27-18-12-14(2)19(24(29)31-4)23(28)22(18)21(20)16-7-6-8-17(26)13-16/h6-8,13-14,19,21,27H,5,9-12H2,1-4H3/t14-,19-,21+/m0/s1. The van der Waals surface area contributed by atoms with Crippen LogP contribution in [0, 0.1) is 17.7 Å². The minimum Gasteiger partial charge on any atom is -0.468 e. The summed E-state index contributed by atoms with van der Waals surface area (Å²) >= 11 is 0. The maximum absolute atomic E-state index is 14.2. The molecule has 0 saturated carbocycles. The van der Waals surface area contributed by atoms with Gasteiger partial charge in [-0.2, -0.15) is 0 Å². The first kappa shape index (κ1) is 24.6. The van der Waals surface area contributed by atoms with Gasteiger partial charge in [-0.15, -0.1) is 0 Å². The number of Topliss-reactive ketones (excluding diaryl/α,β-unsaturated/α-hetero) is 1. The molecule has 33 heavy (non-hydrogen) atoms. The van der Waals surface area contributed by atoms with Crippen molar-refractivity contribution in [3.8, 4) is 0 Å². The Balaban J connectivity index is 2.02. The van der Waals surface area contributed by atoms with Crippen molar-refractivity contribution in [1.29, 1.82) is 0 Å². The molecule has 1 heterocycles. The van der Waals surface area contributed by atoms with E-state index in [9.17, 15) is 18.8 Å². The summed E-state index contributed by atoms with van der Waals surface area (Å²) in [7, 11) is 1.24. The molecule has 2 aliphatic rings. The largest absolute Gasteiger partial charge is 0.468 e. The quantitative estimate of drug-likeness (QED) is 0.362. The average Bonchev–Trinajstić information content (AvgIpc) is 2.77. The van der Waals surface area contributed by atoms with Crippen LogP contribution in [0.3, 0.4) is 0 Å². The fourth-order valence-corrected chi connectivity index (χ4v) is 4.49. The minimum absolute atomic E-state index is 0.0488. The topological polar surface area (TPSA) is 90.9 Å². The molecule has 0 saturated heterocycles.